The Morgan fingerprint density at radius 1 is 1.00 bits per heavy atom. The number of allylic oxidation sites excluding steroid dienone is 1. The summed E-state index contributed by atoms with van der Waals surface area (Å²) in [5.41, 5.74) is 5.32. The second-order valence-electron chi connectivity index (χ2n) is 9.67. The summed E-state index contributed by atoms with van der Waals surface area (Å²) < 4.78 is 21.5. The van der Waals surface area contributed by atoms with E-state index in [0.29, 0.717) is 6.10 Å². The lowest BCUT2D eigenvalue weighted by Crippen LogP contribution is -2.25. The number of halogens is 1. The Bertz CT molecular complexity index is 1510. The van der Waals surface area contributed by atoms with Crippen molar-refractivity contribution >= 4 is 22.9 Å². The van der Waals surface area contributed by atoms with Crippen molar-refractivity contribution < 1.29 is 9.13 Å². The minimum absolute atomic E-state index is 0.223. The molecule has 2 aliphatic heterocycles. The molecule has 1 saturated carbocycles. The number of nitrogens with zero attached hydrogens (tertiary/aromatic N) is 4. The van der Waals surface area contributed by atoms with Crippen molar-refractivity contribution in [3.8, 4) is 17.1 Å². The number of para-hydroxylation sites is 2. The molecule has 2 heterocycles. The number of fused-ring (bicyclic) bond motifs is 2. The highest BCUT2D eigenvalue weighted by Crippen LogP contribution is 2.31. The van der Waals surface area contributed by atoms with Gasteiger partial charge >= 0.3 is 0 Å². The second kappa shape index (κ2) is 10.3. The van der Waals surface area contributed by atoms with E-state index in [4.69, 9.17) is 14.7 Å². The molecule has 0 unspecified atom stereocenters. The molecular formula is C30H30FN5O. The van der Waals surface area contributed by atoms with Gasteiger partial charge in [-0.25, -0.2) is 14.4 Å². The highest BCUT2D eigenvalue weighted by molar-refractivity contribution is 5.84. The fourth-order valence-corrected chi connectivity index (χ4v) is 5.26. The fourth-order valence-electron chi connectivity index (χ4n) is 5.26. The second-order valence-corrected chi connectivity index (χ2v) is 9.67. The molecule has 0 saturated heterocycles. The van der Waals surface area contributed by atoms with E-state index < -0.39 is 0 Å². The molecule has 6 nitrogen and oxygen atoms in total. The molecule has 1 N–H and O–H groups in total. The smallest absolute Gasteiger partial charge is 0.125 e. The van der Waals surface area contributed by atoms with Crippen LogP contribution in [0.3, 0.4) is 0 Å². The van der Waals surface area contributed by atoms with Crippen LogP contribution in [0.2, 0.25) is 0 Å². The summed E-state index contributed by atoms with van der Waals surface area (Å²) in [6.07, 6.45) is 10.3. The van der Waals surface area contributed by atoms with Gasteiger partial charge in [0.25, 0.3) is 0 Å². The Hall–Kier alpha value is -3.84. The number of hydrogen-bond acceptors (Lipinski definition) is 5. The Morgan fingerprint density at radius 3 is 2.57 bits per heavy atom. The molecule has 7 heteroatoms. The Morgan fingerprint density at radius 2 is 1.81 bits per heavy atom. The zero-order chi connectivity index (χ0) is 25.2. The average molecular weight is 496 g/mol. The van der Waals surface area contributed by atoms with Crippen LogP contribution < -0.4 is 10.7 Å². The van der Waals surface area contributed by atoms with E-state index in [2.05, 4.69) is 33.1 Å². The number of aliphatic imine (C=N–C) groups is 1. The summed E-state index contributed by atoms with van der Waals surface area (Å²) in [5, 5.41) is 4.39. The van der Waals surface area contributed by atoms with E-state index in [1.54, 1.807) is 19.2 Å². The first-order valence-corrected chi connectivity index (χ1v) is 13.0. The van der Waals surface area contributed by atoms with E-state index in [-0.39, 0.29) is 11.9 Å². The summed E-state index contributed by atoms with van der Waals surface area (Å²) in [4.78, 5) is 14.8. The first kappa shape index (κ1) is 23.6. The average Bonchev–Trinajstić information content (AvgIpc) is 2.94. The van der Waals surface area contributed by atoms with Gasteiger partial charge in [0.2, 0.25) is 0 Å². The Labute approximate surface area is 215 Å². The minimum atomic E-state index is -0.262. The van der Waals surface area contributed by atoms with Crippen molar-refractivity contribution in [1.82, 2.24) is 9.55 Å². The van der Waals surface area contributed by atoms with Gasteiger partial charge in [0.15, 0.2) is 0 Å². The molecule has 6 rings (SSSR count). The zero-order valence-electron chi connectivity index (χ0n) is 20.9. The summed E-state index contributed by atoms with van der Waals surface area (Å²) in [6, 6.07) is 19.0. The standard InChI is InChI=1S/C30H30FN5O/c1-37-23-15-11-21(12-16-23)33-26-19-29-27(18-25(26)35-30-8-4-5-17-32-30)34-24-6-2-3-7-28(24)36(29)22-13-9-20(31)10-14-22/h2-3,6-10,13-14,17-19,21,23,35H,4-5,11-12,15-16H2,1H3. The quantitative estimate of drug-likeness (QED) is 0.333. The fraction of sp³-hybridized carbons (Fsp3) is 0.300. The molecule has 188 valence electrons. The number of nitrogens with one attached hydrogen (secondary N) is 1. The number of hydrogen-bond donors (Lipinski definition) is 1. The van der Waals surface area contributed by atoms with Crippen molar-refractivity contribution in [3.05, 3.63) is 83.7 Å². The Kier molecular flexibility index (Phi) is 6.53. The van der Waals surface area contributed by atoms with Gasteiger partial charge < -0.3 is 14.6 Å². The summed E-state index contributed by atoms with van der Waals surface area (Å²) >= 11 is 0. The SMILES string of the molecule is COC1CCC(N=c2cc3n(-c4ccc(F)cc4)c4ccccc4nc-3cc2NC2=CCCC=N2)CC1. The molecule has 2 aromatic rings. The molecule has 2 aliphatic carbocycles. The highest BCUT2D eigenvalue weighted by atomic mass is 19.1. The molecule has 0 amide bonds. The van der Waals surface area contributed by atoms with Gasteiger partial charge in [-0.1, -0.05) is 12.1 Å². The maximum atomic E-state index is 13.8. The molecule has 37 heavy (non-hydrogen) atoms. The van der Waals surface area contributed by atoms with Crippen molar-refractivity contribution in [2.75, 3.05) is 12.4 Å². The molecule has 2 aromatic carbocycles. The number of ether oxygens (including phenoxy) is 1. The topological polar surface area (TPSA) is 63.8 Å². The minimum Gasteiger partial charge on any atom is -0.381 e. The van der Waals surface area contributed by atoms with Crippen LogP contribution in [0.4, 0.5) is 10.1 Å². The lowest BCUT2D eigenvalue weighted by Gasteiger charge is -2.25. The van der Waals surface area contributed by atoms with Crippen molar-refractivity contribution in [1.29, 1.82) is 0 Å². The zero-order valence-corrected chi connectivity index (χ0v) is 20.9. The summed E-state index contributed by atoms with van der Waals surface area (Å²) in [6.45, 7) is 0. The third-order valence-corrected chi connectivity index (χ3v) is 7.21. The van der Waals surface area contributed by atoms with Gasteiger partial charge in [-0.2, -0.15) is 0 Å². The monoisotopic (exact) mass is 495 g/mol. The first-order valence-electron chi connectivity index (χ1n) is 13.0. The van der Waals surface area contributed by atoms with Crippen LogP contribution >= 0.6 is 0 Å². The third-order valence-electron chi connectivity index (χ3n) is 7.21. The molecule has 0 bridgehead atoms. The van der Waals surface area contributed by atoms with Gasteiger partial charge in [0, 0.05) is 19.0 Å². The van der Waals surface area contributed by atoms with Crippen LogP contribution in [0, 0.1) is 5.82 Å². The lowest BCUT2D eigenvalue weighted by atomic mass is 9.93. The first-order chi connectivity index (χ1) is 18.2. The van der Waals surface area contributed by atoms with Crippen molar-refractivity contribution in [3.63, 3.8) is 0 Å². The van der Waals surface area contributed by atoms with E-state index in [0.717, 1.165) is 83.5 Å². The highest BCUT2D eigenvalue weighted by Gasteiger charge is 2.22. The number of benzene rings is 3. The maximum Gasteiger partial charge on any atom is 0.125 e. The number of anilines is 1. The van der Waals surface area contributed by atoms with Crippen LogP contribution in [0.5, 0.6) is 0 Å². The van der Waals surface area contributed by atoms with E-state index >= 15 is 0 Å². The van der Waals surface area contributed by atoms with Crippen molar-refractivity contribution in [2.24, 2.45) is 9.98 Å². The molecule has 4 aliphatic rings. The van der Waals surface area contributed by atoms with Gasteiger partial charge in [0.05, 0.1) is 45.6 Å². The molecule has 0 aromatic heterocycles. The third kappa shape index (κ3) is 4.91. The molecular weight excluding hydrogens is 465 g/mol. The van der Waals surface area contributed by atoms with Gasteiger partial charge in [-0.05, 0) is 93.1 Å². The Balaban J connectivity index is 1.56. The lowest BCUT2D eigenvalue weighted by molar-refractivity contribution is 0.0663. The normalized spacial score (nSPS) is 20.4. The van der Waals surface area contributed by atoms with E-state index in [1.165, 1.54) is 12.1 Å². The van der Waals surface area contributed by atoms with Gasteiger partial charge in [-0.3, -0.25) is 4.99 Å². The van der Waals surface area contributed by atoms with Crippen LogP contribution in [0.25, 0.3) is 28.1 Å². The summed E-state index contributed by atoms with van der Waals surface area (Å²) in [7, 11) is 1.79. The predicted molar refractivity (Wildman–Crippen MR) is 146 cm³/mol. The molecule has 0 spiro atoms. The molecule has 0 atom stereocenters. The molecule has 0 radical (unpaired) electrons. The van der Waals surface area contributed by atoms with Crippen LogP contribution in [0.15, 0.2) is 82.5 Å². The predicted octanol–water partition coefficient (Wildman–Crippen LogP) is 6.25. The number of aromatic nitrogens is 2. The summed E-state index contributed by atoms with van der Waals surface area (Å²) in [5.74, 6) is 0.569. The van der Waals surface area contributed by atoms with Crippen LogP contribution in [-0.4, -0.2) is 35.0 Å². The van der Waals surface area contributed by atoms with Crippen LogP contribution in [0.1, 0.15) is 38.5 Å². The number of methoxy groups -OCH3 is 1. The van der Waals surface area contributed by atoms with Crippen molar-refractivity contribution in [2.45, 2.75) is 50.7 Å². The van der Waals surface area contributed by atoms with E-state index in [1.807, 2.05) is 30.5 Å². The maximum absolute atomic E-state index is 13.8. The molecule has 1 fully saturated rings. The van der Waals surface area contributed by atoms with Gasteiger partial charge in [-0.15, -0.1) is 0 Å². The largest absolute Gasteiger partial charge is 0.381 e. The number of rotatable bonds is 5. The van der Waals surface area contributed by atoms with Gasteiger partial charge in [0.1, 0.15) is 11.6 Å². The van der Waals surface area contributed by atoms with E-state index in [9.17, 15) is 4.39 Å². The van der Waals surface area contributed by atoms with Crippen LogP contribution in [-0.2, 0) is 4.74 Å².